The molecule has 3 rings (SSSR count). The summed E-state index contributed by atoms with van der Waals surface area (Å²) in [4.78, 5) is 15.0. The molecule has 1 amide bonds. The fourth-order valence-corrected chi connectivity index (χ4v) is 3.49. The SMILES string of the molecule is CCc1cccc(CC)c1CN(C(=O)c1c(C)nn(C)c1F)C1CC1. The summed E-state index contributed by atoms with van der Waals surface area (Å²) in [6, 6.07) is 6.54. The van der Waals surface area contributed by atoms with Crippen molar-refractivity contribution in [1.29, 1.82) is 0 Å². The van der Waals surface area contributed by atoms with Gasteiger partial charge in [0, 0.05) is 19.6 Å². The van der Waals surface area contributed by atoms with E-state index in [2.05, 4.69) is 37.1 Å². The third kappa shape index (κ3) is 3.32. The average Bonchev–Trinajstić information content (AvgIpc) is 3.40. The first kappa shape index (κ1) is 17.6. The standard InChI is InChI=1S/C20H26FN3O/c1-5-14-8-7-9-15(6-2)17(14)12-24(16-10-11-16)20(25)18-13(3)22-23(4)19(18)21/h7-9,16H,5-6,10-12H2,1-4H3. The summed E-state index contributed by atoms with van der Waals surface area (Å²) in [5.41, 5.74) is 4.31. The van der Waals surface area contributed by atoms with E-state index in [4.69, 9.17) is 0 Å². The van der Waals surface area contributed by atoms with E-state index in [1.807, 2.05) is 4.90 Å². The summed E-state index contributed by atoms with van der Waals surface area (Å²) < 4.78 is 15.5. The number of aromatic nitrogens is 2. The fraction of sp³-hybridized carbons (Fsp3) is 0.500. The minimum absolute atomic E-state index is 0.112. The molecule has 0 radical (unpaired) electrons. The highest BCUT2D eigenvalue weighted by atomic mass is 19.1. The zero-order valence-electron chi connectivity index (χ0n) is 15.5. The van der Waals surface area contributed by atoms with Crippen LogP contribution in [0.4, 0.5) is 4.39 Å². The summed E-state index contributed by atoms with van der Waals surface area (Å²) >= 11 is 0. The monoisotopic (exact) mass is 343 g/mol. The highest BCUT2D eigenvalue weighted by molar-refractivity contribution is 5.95. The molecule has 2 aromatic rings. The van der Waals surface area contributed by atoms with Crippen LogP contribution < -0.4 is 0 Å². The second kappa shape index (κ2) is 6.98. The number of carbonyl (C=O) groups excluding carboxylic acids is 1. The zero-order valence-corrected chi connectivity index (χ0v) is 15.5. The zero-order chi connectivity index (χ0) is 18.1. The van der Waals surface area contributed by atoms with E-state index >= 15 is 0 Å². The highest BCUT2D eigenvalue weighted by Gasteiger charge is 2.36. The molecule has 1 aromatic carbocycles. The fourth-order valence-electron chi connectivity index (χ4n) is 3.49. The molecule has 0 spiro atoms. The topological polar surface area (TPSA) is 38.1 Å². The minimum atomic E-state index is -0.548. The number of hydrogen-bond acceptors (Lipinski definition) is 2. The molecule has 1 fully saturated rings. The van der Waals surface area contributed by atoms with Gasteiger partial charge in [-0.05, 0) is 49.3 Å². The van der Waals surface area contributed by atoms with Gasteiger partial charge in [0.15, 0.2) is 0 Å². The first-order valence-electron chi connectivity index (χ1n) is 9.07. The molecule has 0 saturated heterocycles. The van der Waals surface area contributed by atoms with Crippen molar-refractivity contribution in [3.8, 4) is 0 Å². The number of rotatable bonds is 6. The van der Waals surface area contributed by atoms with Gasteiger partial charge in [0.1, 0.15) is 5.56 Å². The third-order valence-electron chi connectivity index (χ3n) is 5.07. The molecule has 1 heterocycles. The van der Waals surface area contributed by atoms with Gasteiger partial charge in [-0.15, -0.1) is 0 Å². The lowest BCUT2D eigenvalue weighted by atomic mass is 9.97. The van der Waals surface area contributed by atoms with E-state index in [1.54, 1.807) is 6.92 Å². The lowest BCUT2D eigenvalue weighted by molar-refractivity contribution is 0.0723. The highest BCUT2D eigenvalue weighted by Crippen LogP contribution is 2.32. The lowest BCUT2D eigenvalue weighted by Crippen LogP contribution is -2.34. The van der Waals surface area contributed by atoms with Gasteiger partial charge < -0.3 is 4.90 Å². The molecule has 5 heteroatoms. The Labute approximate surface area is 148 Å². The van der Waals surface area contributed by atoms with Crippen LogP contribution in [0.2, 0.25) is 0 Å². The molecule has 0 N–H and O–H groups in total. The first-order chi connectivity index (χ1) is 12.0. The van der Waals surface area contributed by atoms with E-state index < -0.39 is 5.95 Å². The molecule has 134 valence electrons. The molecule has 4 nitrogen and oxygen atoms in total. The van der Waals surface area contributed by atoms with Gasteiger partial charge in [0.05, 0.1) is 5.69 Å². The summed E-state index contributed by atoms with van der Waals surface area (Å²) in [6.07, 6.45) is 3.83. The molecule has 0 bridgehead atoms. The van der Waals surface area contributed by atoms with E-state index in [0.29, 0.717) is 12.2 Å². The smallest absolute Gasteiger partial charge is 0.260 e. The largest absolute Gasteiger partial charge is 0.331 e. The summed E-state index contributed by atoms with van der Waals surface area (Å²) in [6.45, 7) is 6.50. The van der Waals surface area contributed by atoms with Crippen molar-refractivity contribution in [3.63, 3.8) is 0 Å². The van der Waals surface area contributed by atoms with E-state index in [1.165, 1.54) is 23.7 Å². The van der Waals surface area contributed by atoms with Gasteiger partial charge in [0.2, 0.25) is 5.95 Å². The Hall–Kier alpha value is -2.17. The van der Waals surface area contributed by atoms with Gasteiger partial charge in [-0.1, -0.05) is 32.0 Å². The number of amides is 1. The summed E-state index contributed by atoms with van der Waals surface area (Å²) in [7, 11) is 1.53. The maximum atomic E-state index is 14.4. The van der Waals surface area contributed by atoms with Gasteiger partial charge in [0.25, 0.3) is 5.91 Å². The minimum Gasteiger partial charge on any atom is -0.331 e. The predicted octanol–water partition coefficient (Wildman–Crippen LogP) is 3.80. The normalized spacial score (nSPS) is 14.0. The molecule has 1 aromatic heterocycles. The first-order valence-corrected chi connectivity index (χ1v) is 9.07. The van der Waals surface area contributed by atoms with Crippen LogP contribution in [0.25, 0.3) is 0 Å². The maximum Gasteiger partial charge on any atom is 0.260 e. The van der Waals surface area contributed by atoms with Crippen molar-refractivity contribution in [2.45, 2.75) is 59.0 Å². The van der Waals surface area contributed by atoms with Crippen LogP contribution in [0, 0.1) is 12.9 Å². The van der Waals surface area contributed by atoms with E-state index in [0.717, 1.165) is 30.4 Å². The Morgan fingerprint density at radius 3 is 2.32 bits per heavy atom. The van der Waals surface area contributed by atoms with Crippen LogP contribution >= 0.6 is 0 Å². The van der Waals surface area contributed by atoms with Crippen LogP contribution in [0.15, 0.2) is 18.2 Å². The van der Waals surface area contributed by atoms with Crippen molar-refractivity contribution in [2.75, 3.05) is 0 Å². The van der Waals surface area contributed by atoms with Gasteiger partial charge >= 0.3 is 0 Å². The molecule has 0 aliphatic heterocycles. The molecular formula is C20H26FN3O. The predicted molar refractivity (Wildman–Crippen MR) is 96.0 cm³/mol. The van der Waals surface area contributed by atoms with Crippen LogP contribution in [-0.2, 0) is 26.4 Å². The van der Waals surface area contributed by atoms with Crippen LogP contribution in [0.5, 0.6) is 0 Å². The van der Waals surface area contributed by atoms with Gasteiger partial charge in [-0.2, -0.15) is 9.49 Å². The molecule has 1 saturated carbocycles. The van der Waals surface area contributed by atoms with Crippen molar-refractivity contribution in [3.05, 3.63) is 52.1 Å². The van der Waals surface area contributed by atoms with Gasteiger partial charge in [-0.25, -0.2) is 4.68 Å². The number of carbonyl (C=O) groups is 1. The Morgan fingerprint density at radius 2 is 1.88 bits per heavy atom. The number of hydrogen-bond donors (Lipinski definition) is 0. The average molecular weight is 343 g/mol. The van der Waals surface area contributed by atoms with E-state index in [-0.39, 0.29) is 17.5 Å². The number of halogens is 1. The molecule has 1 aliphatic carbocycles. The molecule has 1 aliphatic rings. The van der Waals surface area contributed by atoms with Crippen molar-refractivity contribution >= 4 is 5.91 Å². The number of aryl methyl sites for hydroxylation is 4. The van der Waals surface area contributed by atoms with Crippen molar-refractivity contribution < 1.29 is 9.18 Å². The Bertz CT molecular complexity index is 770. The second-order valence-corrected chi connectivity index (χ2v) is 6.80. The Morgan fingerprint density at radius 1 is 1.28 bits per heavy atom. The Kier molecular flexibility index (Phi) is 4.93. The number of nitrogens with zero attached hydrogens (tertiary/aromatic N) is 3. The van der Waals surface area contributed by atoms with Crippen LogP contribution in [0.1, 0.15) is 59.4 Å². The third-order valence-corrected chi connectivity index (χ3v) is 5.07. The van der Waals surface area contributed by atoms with Crippen LogP contribution in [0.3, 0.4) is 0 Å². The van der Waals surface area contributed by atoms with Crippen molar-refractivity contribution in [2.24, 2.45) is 7.05 Å². The number of benzene rings is 1. The van der Waals surface area contributed by atoms with Crippen molar-refractivity contribution in [1.82, 2.24) is 14.7 Å². The summed E-state index contributed by atoms with van der Waals surface area (Å²) in [5, 5.41) is 4.06. The Balaban J connectivity index is 1.97. The van der Waals surface area contributed by atoms with Gasteiger partial charge in [-0.3, -0.25) is 4.79 Å². The quantitative estimate of drug-likeness (QED) is 0.800. The maximum absolute atomic E-state index is 14.4. The molecular weight excluding hydrogens is 317 g/mol. The molecule has 25 heavy (non-hydrogen) atoms. The molecule has 0 unspecified atom stereocenters. The van der Waals surface area contributed by atoms with E-state index in [9.17, 15) is 9.18 Å². The van der Waals surface area contributed by atoms with Crippen LogP contribution in [-0.4, -0.2) is 26.6 Å². The lowest BCUT2D eigenvalue weighted by Gasteiger charge is -2.25. The molecule has 0 atom stereocenters. The summed E-state index contributed by atoms with van der Waals surface area (Å²) in [5.74, 6) is -0.786. The second-order valence-electron chi connectivity index (χ2n) is 6.80.